The van der Waals surface area contributed by atoms with Crippen LogP contribution in [0.1, 0.15) is 58.2 Å². The van der Waals surface area contributed by atoms with Gasteiger partial charge in [0.2, 0.25) is 5.91 Å². The highest BCUT2D eigenvalue weighted by Crippen LogP contribution is 2.40. The van der Waals surface area contributed by atoms with E-state index in [2.05, 4.69) is 10.6 Å². The van der Waals surface area contributed by atoms with Gasteiger partial charge in [0.25, 0.3) is 17.5 Å². The number of amides is 3. The molecule has 4 N–H and O–H groups in total. The normalized spacial score (nSPS) is 15.1. The molecule has 1 atom stereocenters. The summed E-state index contributed by atoms with van der Waals surface area (Å²) in [6.07, 6.45) is -0.0251. The highest BCUT2D eigenvalue weighted by Gasteiger charge is 2.35. The average molecular weight is 530 g/mol. The molecule has 10 nitrogen and oxygen atoms in total. The molecule has 202 valence electrons. The lowest BCUT2D eigenvalue weighted by molar-refractivity contribution is -0.384. The van der Waals surface area contributed by atoms with Gasteiger partial charge in [-0.3, -0.25) is 29.4 Å². The highest BCUT2D eigenvalue weighted by molar-refractivity contribution is 6.12. The Labute approximate surface area is 226 Å². The molecule has 0 saturated heterocycles. The molecule has 39 heavy (non-hydrogen) atoms. The van der Waals surface area contributed by atoms with Gasteiger partial charge in [-0.15, -0.1) is 0 Å². The predicted molar refractivity (Wildman–Crippen MR) is 149 cm³/mol. The lowest BCUT2D eigenvalue weighted by atomic mass is 9.94. The Morgan fingerprint density at radius 2 is 1.72 bits per heavy atom. The number of nitro groups is 1. The third kappa shape index (κ3) is 6.12. The summed E-state index contributed by atoms with van der Waals surface area (Å²) in [5.74, 6) is -1.08. The van der Waals surface area contributed by atoms with Crippen LogP contribution in [0.2, 0.25) is 0 Å². The van der Waals surface area contributed by atoms with Gasteiger partial charge in [0, 0.05) is 29.8 Å². The Hall–Kier alpha value is -4.57. The Balaban J connectivity index is 1.77. The number of benzene rings is 3. The van der Waals surface area contributed by atoms with Gasteiger partial charge < -0.3 is 16.4 Å². The van der Waals surface area contributed by atoms with Crippen LogP contribution >= 0.6 is 0 Å². The molecular weight excluding hydrogens is 498 g/mol. The number of carbonyl (C=O) groups is 3. The molecular formula is C29H31N5O5. The van der Waals surface area contributed by atoms with Crippen LogP contribution in [0.3, 0.4) is 0 Å². The van der Waals surface area contributed by atoms with Crippen LogP contribution in [0.5, 0.6) is 0 Å². The second-order valence-corrected chi connectivity index (χ2v) is 10.4. The van der Waals surface area contributed by atoms with Crippen molar-refractivity contribution in [1.82, 2.24) is 5.32 Å². The molecule has 0 spiro atoms. The molecule has 4 rings (SSSR count). The van der Waals surface area contributed by atoms with Crippen molar-refractivity contribution in [2.75, 3.05) is 23.3 Å². The summed E-state index contributed by atoms with van der Waals surface area (Å²) in [4.78, 5) is 52.0. The predicted octanol–water partition coefficient (Wildman–Crippen LogP) is 4.35. The first-order valence-corrected chi connectivity index (χ1v) is 12.6. The monoisotopic (exact) mass is 529 g/mol. The minimum Gasteiger partial charge on any atom is -0.351 e. The molecule has 0 bridgehead atoms. The van der Waals surface area contributed by atoms with Gasteiger partial charge in [-0.25, -0.2) is 0 Å². The average Bonchev–Trinajstić information content (AvgIpc) is 3.07. The van der Waals surface area contributed by atoms with Gasteiger partial charge in [0.15, 0.2) is 0 Å². The number of nitrogens with zero attached hydrogens (tertiary/aromatic N) is 2. The van der Waals surface area contributed by atoms with E-state index in [1.54, 1.807) is 18.2 Å². The lowest BCUT2D eigenvalue weighted by Crippen LogP contribution is -2.38. The van der Waals surface area contributed by atoms with Gasteiger partial charge in [0.05, 0.1) is 28.8 Å². The van der Waals surface area contributed by atoms with Crippen LogP contribution in [-0.4, -0.2) is 35.7 Å². The molecule has 0 aliphatic carbocycles. The quantitative estimate of drug-likeness (QED) is 0.306. The summed E-state index contributed by atoms with van der Waals surface area (Å²) < 4.78 is 0. The molecule has 1 aliphatic rings. The topological polar surface area (TPSA) is 148 Å². The van der Waals surface area contributed by atoms with Crippen LogP contribution in [0.4, 0.5) is 17.1 Å². The van der Waals surface area contributed by atoms with Crippen LogP contribution in [0, 0.1) is 22.5 Å². The molecule has 3 amide bonds. The van der Waals surface area contributed by atoms with Gasteiger partial charge in [-0.2, -0.15) is 0 Å². The second kappa shape index (κ2) is 11.0. The van der Waals surface area contributed by atoms with Crippen molar-refractivity contribution in [3.8, 4) is 0 Å². The first kappa shape index (κ1) is 27.5. The number of nitro benzene ring substituents is 1. The summed E-state index contributed by atoms with van der Waals surface area (Å²) in [6.45, 7) is 6.59. The molecule has 0 saturated carbocycles. The number of fused-ring (bicyclic) bond motifs is 1. The zero-order valence-corrected chi connectivity index (χ0v) is 22.1. The fourth-order valence-corrected chi connectivity index (χ4v) is 4.29. The van der Waals surface area contributed by atoms with Crippen molar-refractivity contribution in [2.24, 2.45) is 11.1 Å². The minimum atomic E-state index is -0.653. The maximum absolute atomic E-state index is 13.9. The summed E-state index contributed by atoms with van der Waals surface area (Å²) in [5.41, 5.74) is 8.40. The summed E-state index contributed by atoms with van der Waals surface area (Å²) in [5, 5.41) is 16.8. The number of aryl methyl sites for hydroxylation is 1. The molecule has 3 aromatic rings. The van der Waals surface area contributed by atoms with E-state index in [-0.39, 0.29) is 34.9 Å². The van der Waals surface area contributed by atoms with Crippen LogP contribution in [0.15, 0.2) is 66.7 Å². The van der Waals surface area contributed by atoms with Crippen molar-refractivity contribution >= 4 is 34.8 Å². The van der Waals surface area contributed by atoms with Crippen LogP contribution < -0.4 is 21.3 Å². The number of hydrogen-bond acceptors (Lipinski definition) is 6. The molecule has 1 aliphatic heterocycles. The molecule has 0 fully saturated rings. The zero-order valence-electron chi connectivity index (χ0n) is 22.1. The fraction of sp³-hybridized carbons (Fsp3) is 0.276. The highest BCUT2D eigenvalue weighted by atomic mass is 16.6. The van der Waals surface area contributed by atoms with Crippen molar-refractivity contribution in [2.45, 2.75) is 33.2 Å². The van der Waals surface area contributed by atoms with E-state index in [4.69, 9.17) is 5.73 Å². The number of nitrogens with two attached hydrogens (primary N) is 1. The molecule has 3 aromatic carbocycles. The first-order chi connectivity index (χ1) is 18.5. The Morgan fingerprint density at radius 1 is 1.08 bits per heavy atom. The van der Waals surface area contributed by atoms with E-state index in [1.165, 1.54) is 29.2 Å². The number of anilines is 2. The van der Waals surface area contributed by atoms with Crippen molar-refractivity contribution in [3.05, 3.63) is 99.1 Å². The van der Waals surface area contributed by atoms with Gasteiger partial charge in [0.1, 0.15) is 0 Å². The number of non-ortho nitro benzene ring substituents is 1. The van der Waals surface area contributed by atoms with Crippen molar-refractivity contribution in [1.29, 1.82) is 0 Å². The van der Waals surface area contributed by atoms with Gasteiger partial charge in [-0.1, -0.05) is 43.7 Å². The summed E-state index contributed by atoms with van der Waals surface area (Å²) >= 11 is 0. The summed E-state index contributed by atoms with van der Waals surface area (Å²) in [6, 6.07) is 17.0. The smallest absolute Gasteiger partial charge is 0.269 e. The Bertz CT molecular complexity index is 1420. The number of nitrogens with one attached hydrogen (secondary N) is 2. The second-order valence-electron chi connectivity index (χ2n) is 10.4. The zero-order chi connectivity index (χ0) is 28.3. The van der Waals surface area contributed by atoms with Crippen LogP contribution in [0.25, 0.3) is 0 Å². The van der Waals surface area contributed by atoms with Crippen molar-refractivity contribution < 1.29 is 19.3 Å². The number of rotatable bonds is 7. The lowest BCUT2D eigenvalue weighted by Gasteiger charge is -2.31. The van der Waals surface area contributed by atoms with Gasteiger partial charge in [-0.05, 0) is 54.8 Å². The van der Waals surface area contributed by atoms with E-state index >= 15 is 0 Å². The molecule has 0 radical (unpaired) electrons. The Kier molecular flexibility index (Phi) is 7.78. The third-order valence-corrected chi connectivity index (χ3v) is 6.77. The van der Waals surface area contributed by atoms with Crippen LogP contribution in [-0.2, 0) is 4.79 Å². The maximum Gasteiger partial charge on any atom is 0.269 e. The first-order valence-electron chi connectivity index (χ1n) is 12.6. The molecule has 10 heteroatoms. The maximum atomic E-state index is 13.9. The Morgan fingerprint density at radius 3 is 2.33 bits per heavy atom. The van der Waals surface area contributed by atoms with Gasteiger partial charge >= 0.3 is 0 Å². The summed E-state index contributed by atoms with van der Waals surface area (Å²) in [7, 11) is 0. The largest absolute Gasteiger partial charge is 0.351 e. The number of carbonyl (C=O) groups excluding carboxylic acids is 3. The van der Waals surface area contributed by atoms with E-state index in [9.17, 15) is 24.5 Å². The fourth-order valence-electron chi connectivity index (χ4n) is 4.29. The SMILES string of the molecule is Cc1ccc(C2CC(=O)Nc3cc(C(=O)NCC(C)(C)CN)ccc3N2C(=O)c2ccc([N+](=O)[O-])cc2)cc1. The van der Waals surface area contributed by atoms with E-state index in [0.717, 1.165) is 11.1 Å². The minimum absolute atomic E-state index is 0.0251. The molecule has 1 heterocycles. The molecule has 0 aromatic heterocycles. The van der Waals surface area contributed by atoms with Crippen molar-refractivity contribution in [3.63, 3.8) is 0 Å². The molecule has 1 unspecified atom stereocenters. The van der Waals surface area contributed by atoms with E-state index < -0.39 is 16.9 Å². The number of hydrogen-bond donors (Lipinski definition) is 3. The third-order valence-electron chi connectivity index (χ3n) is 6.77. The van der Waals surface area contributed by atoms with E-state index in [1.807, 2.05) is 45.0 Å². The van der Waals surface area contributed by atoms with E-state index in [0.29, 0.717) is 30.0 Å². The standard InChI is InChI=1S/C29H31N5O5/c1-18-4-6-19(7-5-18)25-15-26(35)32-23-14-21(27(36)31-17-29(2,3)16-30)10-13-24(23)33(25)28(37)20-8-11-22(12-9-20)34(38)39/h4-14,25H,15-17,30H2,1-3H3,(H,31,36)(H,32,35).